The van der Waals surface area contributed by atoms with E-state index in [0.29, 0.717) is 6.04 Å². The fourth-order valence-corrected chi connectivity index (χ4v) is 3.42. The number of nitrogens with zero attached hydrogens (tertiary/aromatic N) is 1. The molecule has 4 rings (SSSR count). The Morgan fingerprint density at radius 1 is 1.44 bits per heavy atom. The van der Waals surface area contributed by atoms with E-state index < -0.39 is 0 Å². The zero-order chi connectivity index (χ0) is 12.4. The van der Waals surface area contributed by atoms with E-state index in [-0.39, 0.29) is 0 Å². The third-order valence-electron chi connectivity index (χ3n) is 4.56. The first-order valence-electron chi connectivity index (χ1n) is 7.32. The fraction of sp³-hybridized carbons (Fsp3) is 0.733. The van der Waals surface area contributed by atoms with Gasteiger partial charge in [-0.3, -0.25) is 0 Å². The summed E-state index contributed by atoms with van der Waals surface area (Å²) < 4.78 is 5.39. The largest absolute Gasteiger partial charge is 0.469 e. The quantitative estimate of drug-likeness (QED) is 0.866. The van der Waals surface area contributed by atoms with Crippen LogP contribution in [0.2, 0.25) is 0 Å². The average molecular weight is 248 g/mol. The maximum atomic E-state index is 5.39. The van der Waals surface area contributed by atoms with Crippen LogP contribution in [0.4, 0.5) is 0 Å². The van der Waals surface area contributed by atoms with Crippen LogP contribution in [-0.2, 0) is 6.42 Å². The van der Waals surface area contributed by atoms with Crippen LogP contribution in [0.5, 0.6) is 0 Å². The molecule has 3 nitrogen and oxygen atoms in total. The summed E-state index contributed by atoms with van der Waals surface area (Å²) in [5.41, 5.74) is 0. The number of fused-ring (bicyclic) bond motifs is 3. The first kappa shape index (κ1) is 12.2. The summed E-state index contributed by atoms with van der Waals surface area (Å²) in [4.78, 5) is 2.61. The molecule has 0 radical (unpaired) electrons. The molecule has 0 aromatic carbocycles. The molecule has 0 amide bonds. The molecule has 1 aromatic rings. The molecule has 0 aliphatic carbocycles. The lowest BCUT2D eigenvalue weighted by Gasteiger charge is -2.46. The molecule has 0 saturated carbocycles. The van der Waals surface area contributed by atoms with Crippen molar-refractivity contribution >= 4 is 0 Å². The van der Waals surface area contributed by atoms with E-state index in [9.17, 15) is 0 Å². The van der Waals surface area contributed by atoms with Gasteiger partial charge in [0.25, 0.3) is 0 Å². The molecule has 18 heavy (non-hydrogen) atoms. The highest BCUT2D eigenvalue weighted by molar-refractivity contribution is 4.99. The first-order chi connectivity index (χ1) is 8.81. The van der Waals surface area contributed by atoms with Gasteiger partial charge < -0.3 is 14.6 Å². The highest BCUT2D eigenvalue weighted by Crippen LogP contribution is 2.27. The standard InChI is InChI=1S/C15H24N2O/c1-12(4-5-14-3-2-10-18-14)16-15-11-17-8-6-13(15)7-9-17/h2-3,10,12-13,15-16H,4-9,11H2,1H3. The van der Waals surface area contributed by atoms with Crippen molar-refractivity contribution in [3.05, 3.63) is 24.2 Å². The van der Waals surface area contributed by atoms with Gasteiger partial charge in [0, 0.05) is 25.0 Å². The molecule has 100 valence electrons. The maximum Gasteiger partial charge on any atom is 0.103 e. The van der Waals surface area contributed by atoms with Gasteiger partial charge in [-0.1, -0.05) is 0 Å². The summed E-state index contributed by atoms with van der Waals surface area (Å²) in [5, 5.41) is 3.83. The average Bonchev–Trinajstić information content (AvgIpc) is 2.91. The number of hydrogen-bond acceptors (Lipinski definition) is 3. The molecule has 3 aliphatic heterocycles. The molecule has 4 heterocycles. The maximum absolute atomic E-state index is 5.39. The van der Waals surface area contributed by atoms with Crippen LogP contribution in [0, 0.1) is 5.92 Å². The van der Waals surface area contributed by atoms with Gasteiger partial charge in [0.15, 0.2) is 0 Å². The van der Waals surface area contributed by atoms with Gasteiger partial charge in [-0.05, 0) is 57.3 Å². The molecular formula is C15H24N2O. The lowest BCUT2D eigenvalue weighted by atomic mass is 9.83. The van der Waals surface area contributed by atoms with Crippen LogP contribution >= 0.6 is 0 Å². The second-order valence-electron chi connectivity index (χ2n) is 5.93. The molecule has 2 unspecified atom stereocenters. The Morgan fingerprint density at radius 3 is 2.89 bits per heavy atom. The number of hydrogen-bond donors (Lipinski definition) is 1. The second kappa shape index (κ2) is 5.45. The van der Waals surface area contributed by atoms with E-state index in [2.05, 4.69) is 23.2 Å². The van der Waals surface area contributed by atoms with E-state index in [1.165, 1.54) is 32.5 Å². The van der Waals surface area contributed by atoms with Crippen molar-refractivity contribution < 1.29 is 4.42 Å². The van der Waals surface area contributed by atoms with E-state index in [4.69, 9.17) is 4.42 Å². The zero-order valence-electron chi connectivity index (χ0n) is 11.3. The molecule has 1 aromatic heterocycles. The highest BCUT2D eigenvalue weighted by Gasteiger charge is 2.34. The van der Waals surface area contributed by atoms with Crippen LogP contribution < -0.4 is 5.32 Å². The van der Waals surface area contributed by atoms with Crippen LogP contribution in [0.3, 0.4) is 0 Å². The molecule has 3 aliphatic rings. The number of aryl methyl sites for hydroxylation is 1. The topological polar surface area (TPSA) is 28.4 Å². The van der Waals surface area contributed by atoms with Gasteiger partial charge in [-0.25, -0.2) is 0 Å². The Labute approximate surface area is 110 Å². The summed E-state index contributed by atoms with van der Waals surface area (Å²) >= 11 is 0. The molecule has 1 N–H and O–H groups in total. The molecule has 3 heteroatoms. The van der Waals surface area contributed by atoms with Crippen molar-refractivity contribution in [2.24, 2.45) is 5.92 Å². The predicted octanol–water partition coefficient (Wildman–Crippen LogP) is 2.28. The molecular weight excluding hydrogens is 224 g/mol. The van der Waals surface area contributed by atoms with Crippen molar-refractivity contribution in [3.63, 3.8) is 0 Å². The zero-order valence-corrected chi connectivity index (χ0v) is 11.3. The third kappa shape index (κ3) is 2.78. The monoisotopic (exact) mass is 248 g/mol. The van der Waals surface area contributed by atoms with Gasteiger partial charge in [0.05, 0.1) is 6.26 Å². The van der Waals surface area contributed by atoms with Crippen molar-refractivity contribution in [1.82, 2.24) is 10.2 Å². The molecule has 2 atom stereocenters. The summed E-state index contributed by atoms with van der Waals surface area (Å²) in [7, 11) is 0. The van der Waals surface area contributed by atoms with Crippen LogP contribution in [0.1, 0.15) is 31.9 Å². The minimum absolute atomic E-state index is 0.584. The lowest BCUT2D eigenvalue weighted by Crippen LogP contribution is -2.57. The van der Waals surface area contributed by atoms with Crippen LogP contribution in [0.25, 0.3) is 0 Å². The molecule has 3 saturated heterocycles. The Kier molecular flexibility index (Phi) is 3.71. The van der Waals surface area contributed by atoms with Gasteiger partial charge in [0.1, 0.15) is 5.76 Å². The molecule has 3 fully saturated rings. The van der Waals surface area contributed by atoms with Crippen LogP contribution in [0.15, 0.2) is 22.8 Å². The third-order valence-corrected chi connectivity index (χ3v) is 4.56. The summed E-state index contributed by atoms with van der Waals surface area (Å²) in [6, 6.07) is 5.35. The molecule has 2 bridgehead atoms. The number of rotatable bonds is 5. The number of piperidine rings is 3. The lowest BCUT2D eigenvalue weighted by molar-refractivity contribution is 0.0674. The van der Waals surface area contributed by atoms with Crippen molar-refractivity contribution in [2.45, 2.75) is 44.7 Å². The smallest absolute Gasteiger partial charge is 0.103 e. The fourth-order valence-electron chi connectivity index (χ4n) is 3.42. The normalized spacial score (nSPS) is 32.6. The predicted molar refractivity (Wildman–Crippen MR) is 72.6 cm³/mol. The first-order valence-corrected chi connectivity index (χ1v) is 7.32. The Morgan fingerprint density at radius 2 is 2.28 bits per heavy atom. The van der Waals surface area contributed by atoms with Gasteiger partial charge in [-0.15, -0.1) is 0 Å². The minimum Gasteiger partial charge on any atom is -0.469 e. The van der Waals surface area contributed by atoms with E-state index in [1.807, 2.05) is 6.07 Å². The van der Waals surface area contributed by atoms with Crippen molar-refractivity contribution in [3.8, 4) is 0 Å². The van der Waals surface area contributed by atoms with Gasteiger partial charge in [0.2, 0.25) is 0 Å². The number of furan rings is 1. The summed E-state index contributed by atoms with van der Waals surface area (Å²) in [5.74, 6) is 2.03. The Hall–Kier alpha value is -0.800. The van der Waals surface area contributed by atoms with Gasteiger partial charge in [-0.2, -0.15) is 0 Å². The van der Waals surface area contributed by atoms with E-state index >= 15 is 0 Å². The van der Waals surface area contributed by atoms with Gasteiger partial charge >= 0.3 is 0 Å². The second-order valence-corrected chi connectivity index (χ2v) is 5.93. The van der Waals surface area contributed by atoms with E-state index in [1.54, 1.807) is 6.26 Å². The van der Waals surface area contributed by atoms with E-state index in [0.717, 1.165) is 30.6 Å². The Balaban J connectivity index is 1.44. The number of nitrogens with one attached hydrogen (secondary N) is 1. The molecule has 0 spiro atoms. The van der Waals surface area contributed by atoms with Crippen molar-refractivity contribution in [2.75, 3.05) is 19.6 Å². The van der Waals surface area contributed by atoms with Crippen LogP contribution in [-0.4, -0.2) is 36.6 Å². The summed E-state index contributed by atoms with van der Waals surface area (Å²) in [6.45, 7) is 6.21. The highest BCUT2D eigenvalue weighted by atomic mass is 16.3. The summed E-state index contributed by atoms with van der Waals surface area (Å²) in [6.07, 6.45) is 6.75. The SMILES string of the molecule is CC(CCc1ccco1)NC1CN2CCC1CC2. The minimum atomic E-state index is 0.584. The Bertz CT molecular complexity index is 355. The van der Waals surface area contributed by atoms with Crippen molar-refractivity contribution in [1.29, 1.82) is 0 Å².